The highest BCUT2D eigenvalue weighted by Gasteiger charge is 2.38. The summed E-state index contributed by atoms with van der Waals surface area (Å²) < 4.78 is 2.45. The van der Waals surface area contributed by atoms with Gasteiger partial charge in [0.05, 0.1) is 22.4 Å². The van der Waals surface area contributed by atoms with Gasteiger partial charge >= 0.3 is 0 Å². The lowest BCUT2D eigenvalue weighted by Crippen LogP contribution is -2.18. The molecule has 0 atom stereocenters. The number of aromatic nitrogens is 1. The Morgan fingerprint density at radius 1 is 0.333 bits per heavy atom. The third kappa shape index (κ3) is 5.59. The van der Waals surface area contributed by atoms with E-state index in [0.717, 1.165) is 45.3 Å². The predicted octanol–water partition coefficient (Wildman–Crippen LogP) is 16.3. The molecule has 10 aromatic rings. The van der Waals surface area contributed by atoms with Gasteiger partial charge in [0.15, 0.2) is 0 Å². The van der Waals surface area contributed by atoms with Gasteiger partial charge in [-0.2, -0.15) is 0 Å². The first-order valence-electron chi connectivity index (χ1n) is 22.1. The van der Waals surface area contributed by atoms with Crippen LogP contribution in [0.3, 0.4) is 0 Å². The molecule has 0 bridgehead atoms. The minimum absolute atomic E-state index is 0.174. The summed E-state index contributed by atoms with van der Waals surface area (Å²) in [5, 5.41) is 2.40. The quantitative estimate of drug-likeness (QED) is 0.159. The van der Waals surface area contributed by atoms with Crippen LogP contribution in [0.2, 0.25) is 0 Å². The standard InChI is InChI=1S/C60H47N3/c1-59(2)51-29-17-14-26-46(51)48-34-32-43(36-53(48)59)62(44-33-35-49-47-27-15-18-30-52(47)60(3,4)54(49)37-44)56-38-45(61(40-20-8-5-9-21-40)41-22-10-6-11-23-41)39-57-58(56)50-28-16-19-31-55(50)63(57)42-24-12-7-13-25-42/h5-39H,1-4H3. The topological polar surface area (TPSA) is 11.4 Å². The average Bonchev–Trinajstić information content (AvgIpc) is 3.87. The molecule has 0 fully saturated rings. The van der Waals surface area contributed by atoms with Crippen LogP contribution >= 0.6 is 0 Å². The zero-order valence-corrected chi connectivity index (χ0v) is 36.0. The maximum Gasteiger partial charge on any atom is 0.0583 e. The van der Waals surface area contributed by atoms with Crippen LogP contribution in [0.1, 0.15) is 49.9 Å². The Kier molecular flexibility index (Phi) is 8.23. The van der Waals surface area contributed by atoms with Crippen molar-refractivity contribution in [1.82, 2.24) is 4.57 Å². The first-order chi connectivity index (χ1) is 30.8. The molecule has 0 spiro atoms. The van der Waals surface area contributed by atoms with E-state index in [1.54, 1.807) is 0 Å². The molecule has 3 nitrogen and oxygen atoms in total. The Balaban J connectivity index is 1.21. The summed E-state index contributed by atoms with van der Waals surface area (Å²) in [6.07, 6.45) is 0. The summed E-state index contributed by atoms with van der Waals surface area (Å²) in [4.78, 5) is 4.96. The largest absolute Gasteiger partial charge is 0.310 e. The molecule has 0 saturated heterocycles. The number of para-hydroxylation sites is 4. The lowest BCUT2D eigenvalue weighted by Gasteiger charge is -2.32. The van der Waals surface area contributed by atoms with Crippen molar-refractivity contribution in [3.8, 4) is 27.9 Å². The first-order valence-corrected chi connectivity index (χ1v) is 22.1. The van der Waals surface area contributed by atoms with Gasteiger partial charge in [0, 0.05) is 50.0 Å². The van der Waals surface area contributed by atoms with Gasteiger partial charge in [-0.05, 0) is 123 Å². The fraction of sp³-hybridized carbons (Fsp3) is 0.100. The molecule has 0 saturated carbocycles. The summed E-state index contributed by atoms with van der Waals surface area (Å²) in [6, 6.07) is 78.4. The van der Waals surface area contributed by atoms with E-state index in [0.29, 0.717) is 0 Å². The third-order valence-electron chi connectivity index (χ3n) is 13.9. The number of hydrogen-bond donors (Lipinski definition) is 0. The second-order valence-electron chi connectivity index (χ2n) is 18.2. The second kappa shape index (κ2) is 14.0. The lowest BCUT2D eigenvalue weighted by molar-refractivity contribution is 0.660. The van der Waals surface area contributed by atoms with Crippen molar-refractivity contribution in [3.63, 3.8) is 0 Å². The number of benzene rings is 9. The zero-order chi connectivity index (χ0) is 42.5. The molecule has 302 valence electrons. The summed E-state index contributed by atoms with van der Waals surface area (Å²) in [6.45, 7) is 9.52. The Bertz CT molecular complexity index is 3250. The molecule has 3 heteroatoms. The molecule has 2 aliphatic carbocycles. The van der Waals surface area contributed by atoms with Crippen LogP contribution in [0.5, 0.6) is 0 Å². The van der Waals surface area contributed by atoms with Crippen LogP contribution < -0.4 is 9.80 Å². The normalized spacial score (nSPS) is 14.0. The maximum atomic E-state index is 2.56. The van der Waals surface area contributed by atoms with E-state index < -0.39 is 0 Å². The Labute approximate surface area is 369 Å². The van der Waals surface area contributed by atoms with Gasteiger partial charge in [-0.1, -0.05) is 161 Å². The van der Waals surface area contributed by atoms with Crippen molar-refractivity contribution >= 4 is 55.9 Å². The highest BCUT2D eigenvalue weighted by atomic mass is 15.2. The van der Waals surface area contributed by atoms with Crippen molar-refractivity contribution in [3.05, 3.63) is 235 Å². The summed E-state index contributed by atoms with van der Waals surface area (Å²) in [5.74, 6) is 0. The van der Waals surface area contributed by atoms with Gasteiger partial charge in [-0.15, -0.1) is 0 Å². The molecule has 0 N–H and O–H groups in total. The van der Waals surface area contributed by atoms with Crippen molar-refractivity contribution in [2.24, 2.45) is 0 Å². The third-order valence-corrected chi connectivity index (χ3v) is 13.9. The van der Waals surface area contributed by atoms with E-state index in [2.05, 4.69) is 254 Å². The fourth-order valence-electron chi connectivity index (χ4n) is 10.9. The van der Waals surface area contributed by atoms with Crippen LogP contribution in [0.25, 0.3) is 49.7 Å². The molecule has 0 amide bonds. The van der Waals surface area contributed by atoms with Crippen molar-refractivity contribution in [2.75, 3.05) is 9.80 Å². The van der Waals surface area contributed by atoms with E-state index >= 15 is 0 Å². The van der Waals surface area contributed by atoms with Gasteiger partial charge in [0.2, 0.25) is 0 Å². The molecule has 63 heavy (non-hydrogen) atoms. The molecule has 2 aliphatic rings. The Morgan fingerprint density at radius 3 is 1.35 bits per heavy atom. The highest BCUT2D eigenvalue weighted by Crippen LogP contribution is 2.55. The number of hydrogen-bond acceptors (Lipinski definition) is 2. The molecule has 0 aliphatic heterocycles. The predicted molar refractivity (Wildman–Crippen MR) is 265 cm³/mol. The van der Waals surface area contributed by atoms with E-state index in [1.165, 1.54) is 60.8 Å². The Morgan fingerprint density at radius 2 is 0.794 bits per heavy atom. The van der Waals surface area contributed by atoms with Gasteiger partial charge in [0.1, 0.15) is 0 Å². The molecular formula is C60H47N3. The van der Waals surface area contributed by atoms with Crippen LogP contribution in [0, 0.1) is 0 Å². The van der Waals surface area contributed by atoms with Crippen LogP contribution in [-0.4, -0.2) is 4.57 Å². The zero-order valence-electron chi connectivity index (χ0n) is 36.0. The van der Waals surface area contributed by atoms with Gasteiger partial charge in [-0.25, -0.2) is 0 Å². The van der Waals surface area contributed by atoms with Crippen LogP contribution in [0.4, 0.5) is 34.1 Å². The van der Waals surface area contributed by atoms with Crippen LogP contribution in [0.15, 0.2) is 212 Å². The minimum atomic E-state index is -0.174. The molecule has 0 unspecified atom stereocenters. The van der Waals surface area contributed by atoms with Gasteiger partial charge < -0.3 is 14.4 Å². The van der Waals surface area contributed by atoms with Crippen molar-refractivity contribution < 1.29 is 0 Å². The average molecular weight is 810 g/mol. The SMILES string of the molecule is CC1(C)c2ccccc2-c2ccc(N(c3ccc4c(c3)C(C)(C)c3ccccc3-4)c3cc(N(c4ccccc4)c4ccccc4)cc4c3c3ccccc3n4-c3ccccc3)cc21. The lowest BCUT2D eigenvalue weighted by atomic mass is 9.82. The number of rotatable bonds is 7. The van der Waals surface area contributed by atoms with E-state index in [9.17, 15) is 0 Å². The first kappa shape index (κ1) is 37.2. The fourth-order valence-corrected chi connectivity index (χ4v) is 10.9. The highest BCUT2D eigenvalue weighted by molar-refractivity contribution is 6.18. The van der Waals surface area contributed by atoms with E-state index in [1.807, 2.05) is 0 Å². The molecule has 12 rings (SSSR count). The molecule has 1 heterocycles. The minimum Gasteiger partial charge on any atom is -0.310 e. The second-order valence-corrected chi connectivity index (χ2v) is 18.2. The number of anilines is 6. The van der Waals surface area contributed by atoms with Gasteiger partial charge in [0.25, 0.3) is 0 Å². The van der Waals surface area contributed by atoms with Crippen LogP contribution in [-0.2, 0) is 10.8 Å². The van der Waals surface area contributed by atoms with Crippen molar-refractivity contribution in [2.45, 2.75) is 38.5 Å². The molecule has 1 aromatic heterocycles. The number of nitrogens with zero attached hydrogens (tertiary/aromatic N) is 3. The maximum absolute atomic E-state index is 2.56. The Hall–Kier alpha value is -7.62. The molecule has 9 aromatic carbocycles. The smallest absolute Gasteiger partial charge is 0.0583 e. The monoisotopic (exact) mass is 809 g/mol. The number of fused-ring (bicyclic) bond motifs is 9. The molecule has 0 radical (unpaired) electrons. The van der Waals surface area contributed by atoms with Crippen molar-refractivity contribution in [1.29, 1.82) is 0 Å². The van der Waals surface area contributed by atoms with E-state index in [-0.39, 0.29) is 10.8 Å². The molecular weight excluding hydrogens is 763 g/mol. The van der Waals surface area contributed by atoms with E-state index in [4.69, 9.17) is 0 Å². The summed E-state index contributed by atoms with van der Waals surface area (Å²) in [5.41, 5.74) is 20.4. The summed E-state index contributed by atoms with van der Waals surface area (Å²) in [7, 11) is 0. The van der Waals surface area contributed by atoms with Gasteiger partial charge in [-0.3, -0.25) is 0 Å². The summed E-state index contributed by atoms with van der Waals surface area (Å²) >= 11 is 0.